The van der Waals surface area contributed by atoms with Gasteiger partial charge in [-0.2, -0.15) is 9.97 Å². The van der Waals surface area contributed by atoms with Crippen molar-refractivity contribution >= 4 is 38.0 Å². The number of esters is 1. The maximum Gasteiger partial charge on any atom is 0.339 e. The van der Waals surface area contributed by atoms with E-state index in [1.165, 1.54) is 26.4 Å². The van der Waals surface area contributed by atoms with Gasteiger partial charge in [-0.3, -0.25) is 0 Å². The Bertz CT molecular complexity index is 1260. The standard InChI is InChI=1S/C17H21N5O9S2/c1-29-13-8-14(30-2)21-17(20-13)22(16(18)24)33(27,28)12-7-10(9-19-32(4,25)26)5-6-11(12)15(23)31-3/h5-8,19H,9H2,1-4H3,(H2,18,24). The Hall–Kier alpha value is -3.50. The first-order valence-corrected chi connectivity index (χ1v) is 12.1. The van der Waals surface area contributed by atoms with Crippen LogP contribution in [0.2, 0.25) is 0 Å². The molecule has 0 aliphatic heterocycles. The number of amides is 2. The van der Waals surface area contributed by atoms with Crippen LogP contribution in [0.15, 0.2) is 29.2 Å². The highest BCUT2D eigenvalue weighted by Crippen LogP contribution is 2.28. The predicted molar refractivity (Wildman–Crippen MR) is 114 cm³/mol. The highest BCUT2D eigenvalue weighted by molar-refractivity contribution is 7.93. The molecule has 0 unspecified atom stereocenters. The number of methoxy groups -OCH3 is 3. The van der Waals surface area contributed by atoms with Crippen LogP contribution < -0.4 is 24.2 Å². The zero-order valence-corrected chi connectivity index (χ0v) is 19.6. The smallest absolute Gasteiger partial charge is 0.339 e. The molecule has 2 rings (SSSR count). The van der Waals surface area contributed by atoms with Gasteiger partial charge in [-0.05, 0) is 17.7 Å². The van der Waals surface area contributed by atoms with E-state index in [9.17, 15) is 26.4 Å². The maximum absolute atomic E-state index is 13.5. The van der Waals surface area contributed by atoms with E-state index < -0.39 is 48.5 Å². The van der Waals surface area contributed by atoms with Crippen LogP contribution in [0.4, 0.5) is 10.7 Å². The molecule has 0 spiro atoms. The monoisotopic (exact) mass is 503 g/mol. The normalized spacial score (nSPS) is 11.5. The van der Waals surface area contributed by atoms with E-state index in [0.29, 0.717) is 0 Å². The first kappa shape index (κ1) is 25.8. The van der Waals surface area contributed by atoms with E-state index in [1.54, 1.807) is 0 Å². The number of nitrogens with zero attached hydrogens (tertiary/aromatic N) is 3. The van der Waals surface area contributed by atoms with Gasteiger partial charge < -0.3 is 19.9 Å². The molecule has 1 aromatic heterocycles. The molecule has 180 valence electrons. The highest BCUT2D eigenvalue weighted by atomic mass is 32.2. The van der Waals surface area contributed by atoms with E-state index in [4.69, 9.17) is 15.2 Å². The van der Waals surface area contributed by atoms with Crippen LogP contribution in [0.1, 0.15) is 15.9 Å². The summed E-state index contributed by atoms with van der Waals surface area (Å²) in [5, 5.41) is 0. The van der Waals surface area contributed by atoms with Crippen molar-refractivity contribution in [2.45, 2.75) is 11.4 Å². The number of urea groups is 1. The molecule has 0 saturated carbocycles. The number of hydrogen-bond acceptors (Lipinski definition) is 11. The molecule has 0 radical (unpaired) electrons. The van der Waals surface area contributed by atoms with Crippen molar-refractivity contribution in [2.24, 2.45) is 5.73 Å². The number of carbonyl (C=O) groups is 2. The van der Waals surface area contributed by atoms with Gasteiger partial charge in [0.05, 0.1) is 39.2 Å². The number of nitrogens with one attached hydrogen (secondary N) is 1. The van der Waals surface area contributed by atoms with E-state index in [0.717, 1.165) is 25.5 Å². The van der Waals surface area contributed by atoms with Crippen molar-refractivity contribution in [1.29, 1.82) is 0 Å². The zero-order valence-electron chi connectivity index (χ0n) is 17.9. The van der Waals surface area contributed by atoms with Crippen LogP contribution >= 0.6 is 0 Å². The number of ether oxygens (including phenoxy) is 3. The predicted octanol–water partition coefficient (Wildman–Crippen LogP) is -0.396. The molecule has 0 bridgehead atoms. The molecule has 2 aromatic rings. The largest absolute Gasteiger partial charge is 0.481 e. The van der Waals surface area contributed by atoms with Crippen LogP contribution in [0, 0.1) is 0 Å². The second kappa shape index (κ2) is 9.97. The molecular formula is C17H21N5O9S2. The number of sulfonamides is 2. The van der Waals surface area contributed by atoms with Crippen LogP contribution in [-0.4, -0.2) is 66.4 Å². The molecule has 3 N–H and O–H groups in total. The fourth-order valence-electron chi connectivity index (χ4n) is 2.50. The van der Waals surface area contributed by atoms with Crippen LogP contribution in [0.3, 0.4) is 0 Å². The molecule has 0 atom stereocenters. The third-order valence-corrected chi connectivity index (χ3v) is 6.36. The highest BCUT2D eigenvalue weighted by Gasteiger charge is 2.36. The maximum atomic E-state index is 13.5. The van der Waals surface area contributed by atoms with Gasteiger partial charge in [0.15, 0.2) is 0 Å². The van der Waals surface area contributed by atoms with Crippen LogP contribution in [-0.2, 0) is 31.3 Å². The summed E-state index contributed by atoms with van der Waals surface area (Å²) >= 11 is 0. The quantitative estimate of drug-likeness (QED) is 0.422. The number of nitrogens with two attached hydrogens (primary N) is 1. The molecular weight excluding hydrogens is 482 g/mol. The van der Waals surface area contributed by atoms with Gasteiger partial charge in [-0.15, -0.1) is 4.31 Å². The van der Waals surface area contributed by atoms with Gasteiger partial charge >= 0.3 is 12.0 Å². The summed E-state index contributed by atoms with van der Waals surface area (Å²) in [4.78, 5) is 31.4. The minimum absolute atomic E-state index is 0.0492. The Morgan fingerprint density at radius 3 is 2.06 bits per heavy atom. The zero-order chi connectivity index (χ0) is 25.0. The lowest BCUT2D eigenvalue weighted by molar-refractivity contribution is 0.0596. The Kier molecular flexibility index (Phi) is 7.78. The second-order valence-electron chi connectivity index (χ2n) is 6.28. The Morgan fingerprint density at radius 1 is 1.03 bits per heavy atom. The minimum atomic E-state index is -4.92. The molecule has 33 heavy (non-hydrogen) atoms. The number of rotatable bonds is 9. The SMILES string of the molecule is COC(=O)c1ccc(CNS(C)(=O)=O)cc1S(=O)(=O)N(C(N)=O)c1nc(OC)cc(OC)n1. The lowest BCUT2D eigenvalue weighted by Crippen LogP contribution is -2.42. The van der Waals surface area contributed by atoms with Gasteiger partial charge in [0, 0.05) is 6.54 Å². The summed E-state index contributed by atoms with van der Waals surface area (Å²) in [5.41, 5.74) is 5.04. The fourth-order valence-corrected chi connectivity index (χ4v) is 4.39. The molecule has 1 aromatic carbocycles. The average molecular weight is 504 g/mol. The third kappa shape index (κ3) is 6.05. The van der Waals surface area contributed by atoms with Crippen molar-refractivity contribution in [2.75, 3.05) is 31.9 Å². The number of carbonyl (C=O) groups excluding carboxylic acids is 2. The first-order chi connectivity index (χ1) is 15.3. The summed E-state index contributed by atoms with van der Waals surface area (Å²) in [6, 6.07) is 3.13. The lowest BCUT2D eigenvalue weighted by atomic mass is 10.1. The van der Waals surface area contributed by atoms with E-state index in [2.05, 4.69) is 19.4 Å². The molecule has 2 amide bonds. The number of anilines is 1. The Morgan fingerprint density at radius 2 is 1.61 bits per heavy atom. The summed E-state index contributed by atoms with van der Waals surface area (Å²) in [6.45, 7) is -0.303. The third-order valence-electron chi connectivity index (χ3n) is 3.98. The molecule has 1 heterocycles. The molecule has 16 heteroatoms. The van der Waals surface area contributed by atoms with Crippen molar-refractivity contribution in [3.8, 4) is 11.8 Å². The van der Waals surface area contributed by atoms with E-state index in [1.807, 2.05) is 0 Å². The number of hydrogen-bond donors (Lipinski definition) is 2. The molecule has 0 saturated heterocycles. The lowest BCUT2D eigenvalue weighted by Gasteiger charge is -2.21. The van der Waals surface area contributed by atoms with Gasteiger partial charge in [-0.25, -0.2) is 31.1 Å². The van der Waals surface area contributed by atoms with Crippen LogP contribution in [0.25, 0.3) is 0 Å². The Labute approximate surface area is 189 Å². The average Bonchev–Trinajstić information content (AvgIpc) is 2.75. The van der Waals surface area contributed by atoms with Gasteiger partial charge in [0.25, 0.3) is 16.0 Å². The van der Waals surface area contributed by atoms with E-state index in [-0.39, 0.29) is 28.2 Å². The van der Waals surface area contributed by atoms with Crippen molar-refractivity contribution in [1.82, 2.24) is 14.7 Å². The minimum Gasteiger partial charge on any atom is -0.481 e. The second-order valence-corrected chi connectivity index (χ2v) is 9.86. The van der Waals surface area contributed by atoms with Crippen molar-refractivity contribution in [3.63, 3.8) is 0 Å². The summed E-state index contributed by atoms with van der Waals surface area (Å²) in [5.74, 6) is -2.03. The first-order valence-electron chi connectivity index (χ1n) is 8.81. The summed E-state index contributed by atoms with van der Waals surface area (Å²) < 4.78 is 66.6. The van der Waals surface area contributed by atoms with Gasteiger partial charge in [0.1, 0.15) is 4.90 Å². The van der Waals surface area contributed by atoms with E-state index >= 15 is 0 Å². The number of aromatic nitrogens is 2. The fraction of sp³-hybridized carbons (Fsp3) is 0.294. The van der Waals surface area contributed by atoms with Gasteiger partial charge in [-0.1, -0.05) is 6.07 Å². The van der Waals surface area contributed by atoms with Crippen molar-refractivity contribution in [3.05, 3.63) is 35.4 Å². The molecule has 0 fully saturated rings. The molecule has 0 aliphatic rings. The van der Waals surface area contributed by atoms with Gasteiger partial charge in [0.2, 0.25) is 21.8 Å². The number of primary amides is 1. The summed E-state index contributed by atoms with van der Waals surface area (Å²) in [7, 11) is -5.03. The van der Waals surface area contributed by atoms with Crippen molar-refractivity contribution < 1.29 is 40.6 Å². The number of benzene rings is 1. The topological polar surface area (TPSA) is 197 Å². The molecule has 14 nitrogen and oxygen atoms in total. The molecule has 0 aliphatic carbocycles. The van der Waals surface area contributed by atoms with Crippen LogP contribution in [0.5, 0.6) is 11.8 Å². The Balaban J connectivity index is 2.74. The summed E-state index contributed by atoms with van der Waals surface area (Å²) in [6.07, 6.45) is 0.913.